The molecule has 1 amide bonds. The molecule has 0 aromatic rings. The molecule has 0 radical (unpaired) electrons. The Labute approximate surface area is 65.7 Å². The van der Waals surface area contributed by atoms with Crippen LogP contribution in [-0.4, -0.2) is 35.3 Å². The first kappa shape index (κ1) is 8.49. The number of aliphatic hydroxyl groups is 1. The van der Waals surface area contributed by atoms with Gasteiger partial charge in [-0.25, -0.2) is 5.06 Å². The molecule has 64 valence electrons. The van der Waals surface area contributed by atoms with E-state index in [1.165, 1.54) is 12.2 Å². The normalized spacial score (nSPS) is 32.6. The fourth-order valence-electron chi connectivity index (χ4n) is 1.14. The van der Waals surface area contributed by atoms with Crippen molar-refractivity contribution in [3.05, 3.63) is 0 Å². The van der Waals surface area contributed by atoms with E-state index >= 15 is 0 Å². The van der Waals surface area contributed by atoms with E-state index in [9.17, 15) is 9.90 Å². The van der Waals surface area contributed by atoms with E-state index in [0.29, 0.717) is 12.8 Å². The Kier molecular flexibility index (Phi) is 2.15. The molecule has 0 unspecified atom stereocenters. The summed E-state index contributed by atoms with van der Waals surface area (Å²) < 4.78 is 0. The minimum absolute atomic E-state index is 0.0565. The minimum atomic E-state index is -0.788. The molecule has 1 rings (SSSR count). The van der Waals surface area contributed by atoms with Gasteiger partial charge in [0.1, 0.15) is 0 Å². The molecule has 4 nitrogen and oxygen atoms in total. The van der Waals surface area contributed by atoms with E-state index in [1.54, 1.807) is 6.92 Å². The van der Waals surface area contributed by atoms with Gasteiger partial charge in [-0.05, 0) is 13.3 Å². The quantitative estimate of drug-likeness (QED) is 0.582. The van der Waals surface area contributed by atoms with Crippen LogP contribution in [0.15, 0.2) is 0 Å². The van der Waals surface area contributed by atoms with E-state index in [4.69, 9.17) is 4.84 Å². The summed E-state index contributed by atoms with van der Waals surface area (Å²) in [6, 6.07) is 0. The molecule has 1 saturated heterocycles. The fraction of sp³-hybridized carbons (Fsp3) is 0.857. The molecule has 0 aromatic heterocycles. The van der Waals surface area contributed by atoms with Crippen LogP contribution in [0.1, 0.15) is 19.8 Å². The molecule has 1 aliphatic rings. The zero-order chi connectivity index (χ0) is 8.48. The zero-order valence-electron chi connectivity index (χ0n) is 6.83. The van der Waals surface area contributed by atoms with Gasteiger partial charge in [0.05, 0.1) is 19.3 Å². The van der Waals surface area contributed by atoms with Gasteiger partial charge in [0.2, 0.25) is 5.91 Å². The van der Waals surface area contributed by atoms with Gasteiger partial charge in [0.25, 0.3) is 0 Å². The molecular formula is C7H13NO3. The van der Waals surface area contributed by atoms with Crippen LogP contribution in [0.25, 0.3) is 0 Å². The summed E-state index contributed by atoms with van der Waals surface area (Å²) in [5.74, 6) is -0.0565. The van der Waals surface area contributed by atoms with Crippen LogP contribution in [0, 0.1) is 0 Å². The van der Waals surface area contributed by atoms with Crippen LogP contribution in [0.4, 0.5) is 0 Å². The average molecular weight is 159 g/mol. The van der Waals surface area contributed by atoms with Crippen LogP contribution >= 0.6 is 0 Å². The van der Waals surface area contributed by atoms with Crippen molar-refractivity contribution < 1.29 is 14.7 Å². The number of nitrogens with zero attached hydrogens (tertiary/aromatic N) is 1. The van der Waals surface area contributed by atoms with Crippen LogP contribution in [0.2, 0.25) is 0 Å². The summed E-state index contributed by atoms with van der Waals surface area (Å²) >= 11 is 0. The Balaban J connectivity index is 2.58. The highest BCUT2D eigenvalue weighted by Crippen LogP contribution is 2.20. The third-order valence-electron chi connectivity index (χ3n) is 1.86. The zero-order valence-corrected chi connectivity index (χ0v) is 6.83. The van der Waals surface area contributed by atoms with Crippen LogP contribution in [0.3, 0.4) is 0 Å². The molecule has 1 aliphatic heterocycles. The number of piperidine rings is 1. The maximum Gasteiger partial charge on any atom is 0.246 e. The number of β-amino-alcohol motifs (C(OH)–C–C–N with tert-alkyl or cyclic N) is 1. The van der Waals surface area contributed by atoms with E-state index in [0.717, 1.165) is 0 Å². The summed E-state index contributed by atoms with van der Waals surface area (Å²) in [4.78, 5) is 15.8. The highest BCUT2D eigenvalue weighted by Gasteiger charge is 2.33. The lowest BCUT2D eigenvalue weighted by Gasteiger charge is -2.34. The second-order valence-electron chi connectivity index (χ2n) is 3.11. The molecular weight excluding hydrogens is 146 g/mol. The largest absolute Gasteiger partial charge is 0.388 e. The van der Waals surface area contributed by atoms with Gasteiger partial charge in [-0.1, -0.05) is 0 Å². The maximum atomic E-state index is 11.0. The van der Waals surface area contributed by atoms with Crippen molar-refractivity contribution in [1.29, 1.82) is 0 Å². The van der Waals surface area contributed by atoms with Crippen molar-refractivity contribution in [3.8, 4) is 0 Å². The van der Waals surface area contributed by atoms with Crippen molar-refractivity contribution in [3.63, 3.8) is 0 Å². The summed E-state index contributed by atoms with van der Waals surface area (Å²) in [5.41, 5.74) is -0.788. The number of hydrogen-bond acceptors (Lipinski definition) is 3. The molecule has 11 heavy (non-hydrogen) atoms. The SMILES string of the molecule is CON1C[C@](C)(O)CCC1=O. The summed E-state index contributed by atoms with van der Waals surface area (Å²) in [5, 5.41) is 10.7. The molecule has 4 heteroatoms. The van der Waals surface area contributed by atoms with Crippen LogP contribution in [0.5, 0.6) is 0 Å². The Morgan fingerprint density at radius 3 is 2.82 bits per heavy atom. The Hall–Kier alpha value is -0.610. The lowest BCUT2D eigenvalue weighted by atomic mass is 9.96. The van der Waals surface area contributed by atoms with E-state index in [2.05, 4.69) is 0 Å². The topological polar surface area (TPSA) is 49.8 Å². The van der Waals surface area contributed by atoms with Gasteiger partial charge in [0, 0.05) is 6.42 Å². The van der Waals surface area contributed by atoms with Crippen LogP contribution in [-0.2, 0) is 9.63 Å². The molecule has 0 aromatic carbocycles. The fourth-order valence-corrected chi connectivity index (χ4v) is 1.14. The van der Waals surface area contributed by atoms with Crippen molar-refractivity contribution in [1.82, 2.24) is 5.06 Å². The molecule has 0 bridgehead atoms. The Morgan fingerprint density at radius 2 is 2.36 bits per heavy atom. The molecule has 0 saturated carbocycles. The van der Waals surface area contributed by atoms with E-state index in [1.807, 2.05) is 0 Å². The monoisotopic (exact) mass is 159 g/mol. The van der Waals surface area contributed by atoms with E-state index in [-0.39, 0.29) is 12.5 Å². The van der Waals surface area contributed by atoms with Crippen LogP contribution < -0.4 is 0 Å². The van der Waals surface area contributed by atoms with Crippen molar-refractivity contribution in [2.45, 2.75) is 25.4 Å². The summed E-state index contributed by atoms with van der Waals surface area (Å²) in [6.07, 6.45) is 0.881. The Bertz CT molecular complexity index is 167. The van der Waals surface area contributed by atoms with Crippen molar-refractivity contribution >= 4 is 5.91 Å². The molecule has 1 N–H and O–H groups in total. The highest BCUT2D eigenvalue weighted by molar-refractivity contribution is 5.76. The van der Waals surface area contributed by atoms with E-state index < -0.39 is 5.60 Å². The van der Waals surface area contributed by atoms with Gasteiger partial charge < -0.3 is 5.11 Å². The molecule has 0 aliphatic carbocycles. The highest BCUT2D eigenvalue weighted by atomic mass is 16.7. The lowest BCUT2D eigenvalue weighted by Crippen LogP contribution is -2.48. The first-order valence-electron chi connectivity index (χ1n) is 3.62. The number of hydroxylamine groups is 2. The number of rotatable bonds is 1. The third kappa shape index (κ3) is 1.91. The summed E-state index contributed by atoms with van der Waals surface area (Å²) in [6.45, 7) is 1.97. The number of carbonyl (C=O) groups is 1. The number of hydrogen-bond donors (Lipinski definition) is 1. The number of amides is 1. The molecule has 1 heterocycles. The van der Waals surface area contributed by atoms with Crippen molar-refractivity contribution in [2.75, 3.05) is 13.7 Å². The molecule has 0 spiro atoms. The van der Waals surface area contributed by atoms with Gasteiger partial charge in [0.15, 0.2) is 0 Å². The first-order valence-corrected chi connectivity index (χ1v) is 3.62. The minimum Gasteiger partial charge on any atom is -0.388 e. The second kappa shape index (κ2) is 2.79. The maximum absolute atomic E-state index is 11.0. The molecule has 1 atom stereocenters. The Morgan fingerprint density at radius 1 is 1.73 bits per heavy atom. The predicted molar refractivity (Wildman–Crippen MR) is 38.6 cm³/mol. The lowest BCUT2D eigenvalue weighted by molar-refractivity contribution is -0.200. The van der Waals surface area contributed by atoms with Crippen molar-refractivity contribution in [2.24, 2.45) is 0 Å². The first-order chi connectivity index (χ1) is 5.05. The predicted octanol–water partition coefficient (Wildman–Crippen LogP) is -0.0788. The standard InChI is InChI=1S/C7H13NO3/c1-7(10)4-3-6(9)8(5-7)11-2/h10H,3-5H2,1-2H3/t7-/m1/s1. The smallest absolute Gasteiger partial charge is 0.246 e. The van der Waals surface area contributed by atoms with Gasteiger partial charge >= 0.3 is 0 Å². The van der Waals surface area contributed by atoms with Gasteiger partial charge in [-0.2, -0.15) is 0 Å². The number of carbonyl (C=O) groups excluding carboxylic acids is 1. The average Bonchev–Trinajstić information content (AvgIpc) is 1.94. The summed E-state index contributed by atoms with van der Waals surface area (Å²) in [7, 11) is 1.43. The van der Waals surface area contributed by atoms with Gasteiger partial charge in [-0.15, -0.1) is 0 Å². The molecule has 1 fully saturated rings. The van der Waals surface area contributed by atoms with Gasteiger partial charge in [-0.3, -0.25) is 9.63 Å². The third-order valence-corrected chi connectivity index (χ3v) is 1.86. The second-order valence-corrected chi connectivity index (χ2v) is 3.11.